The summed E-state index contributed by atoms with van der Waals surface area (Å²) < 4.78 is 0. The van der Waals surface area contributed by atoms with Crippen LogP contribution in [0.4, 0.5) is 5.13 Å². The molecule has 13 heavy (non-hydrogen) atoms. The Labute approximate surface area is 82.4 Å². The molecule has 1 aromatic rings. The lowest BCUT2D eigenvalue weighted by Gasteiger charge is -2.09. The second-order valence-corrected chi connectivity index (χ2v) is 4.00. The van der Waals surface area contributed by atoms with Crippen molar-refractivity contribution in [2.75, 3.05) is 11.9 Å². The van der Waals surface area contributed by atoms with E-state index in [1.165, 1.54) is 4.88 Å². The van der Waals surface area contributed by atoms with Gasteiger partial charge in [0.1, 0.15) is 0 Å². The average Bonchev–Trinajstić information content (AvgIpc) is 2.45. The summed E-state index contributed by atoms with van der Waals surface area (Å²) in [7, 11) is 1.75. The maximum absolute atomic E-state index is 11.0. The third-order valence-electron chi connectivity index (χ3n) is 1.96. The maximum atomic E-state index is 11.0. The maximum Gasteiger partial charge on any atom is 0.225 e. The third-order valence-corrected chi connectivity index (χ3v) is 3.34. The van der Waals surface area contributed by atoms with Crippen molar-refractivity contribution in [3.05, 3.63) is 10.6 Å². The summed E-state index contributed by atoms with van der Waals surface area (Å²) in [6.45, 7) is 5.62. The van der Waals surface area contributed by atoms with E-state index in [2.05, 4.69) is 11.9 Å². The molecule has 1 heterocycles. The zero-order chi connectivity index (χ0) is 10.0. The molecule has 0 fully saturated rings. The van der Waals surface area contributed by atoms with Crippen LogP contribution in [0.25, 0.3) is 0 Å². The Hall–Kier alpha value is -0.900. The smallest absolute Gasteiger partial charge is 0.225 e. The summed E-state index contributed by atoms with van der Waals surface area (Å²) in [5.41, 5.74) is 1.04. The molecule has 0 aliphatic heterocycles. The van der Waals surface area contributed by atoms with E-state index >= 15 is 0 Å². The molecule has 1 rings (SSSR count). The molecule has 0 unspecified atom stereocenters. The van der Waals surface area contributed by atoms with Gasteiger partial charge in [-0.2, -0.15) is 0 Å². The number of nitrogens with zero attached hydrogens (tertiary/aromatic N) is 2. The van der Waals surface area contributed by atoms with Crippen LogP contribution in [0.2, 0.25) is 0 Å². The van der Waals surface area contributed by atoms with Crippen molar-refractivity contribution in [1.82, 2.24) is 4.98 Å². The first kappa shape index (κ1) is 10.2. The van der Waals surface area contributed by atoms with Crippen LogP contribution in [0.3, 0.4) is 0 Å². The molecule has 4 heteroatoms. The molecule has 1 aromatic heterocycles. The number of amides is 1. The summed E-state index contributed by atoms with van der Waals surface area (Å²) in [4.78, 5) is 18.2. The molecule has 0 bridgehead atoms. The molecule has 0 aliphatic carbocycles. The minimum Gasteiger partial charge on any atom is -0.291 e. The van der Waals surface area contributed by atoms with E-state index in [0.717, 1.165) is 17.2 Å². The average molecular weight is 198 g/mol. The van der Waals surface area contributed by atoms with Crippen LogP contribution < -0.4 is 4.90 Å². The molecule has 0 atom stereocenters. The number of hydrogen-bond donors (Lipinski definition) is 0. The van der Waals surface area contributed by atoms with E-state index in [9.17, 15) is 4.79 Å². The van der Waals surface area contributed by atoms with Crippen molar-refractivity contribution in [1.29, 1.82) is 0 Å². The molecule has 0 radical (unpaired) electrons. The summed E-state index contributed by atoms with van der Waals surface area (Å²) in [6.07, 6.45) is 0.981. The van der Waals surface area contributed by atoms with Gasteiger partial charge in [-0.05, 0) is 13.3 Å². The second kappa shape index (κ2) is 3.87. The van der Waals surface area contributed by atoms with Gasteiger partial charge in [-0.1, -0.05) is 6.92 Å². The molecule has 0 saturated carbocycles. The van der Waals surface area contributed by atoms with Gasteiger partial charge in [-0.3, -0.25) is 9.69 Å². The highest BCUT2D eigenvalue weighted by Gasteiger charge is 2.12. The van der Waals surface area contributed by atoms with Crippen LogP contribution in [-0.4, -0.2) is 17.9 Å². The number of rotatable bonds is 2. The second-order valence-electron chi connectivity index (χ2n) is 2.94. The number of hydrogen-bond acceptors (Lipinski definition) is 3. The van der Waals surface area contributed by atoms with E-state index in [1.807, 2.05) is 6.92 Å². The lowest BCUT2D eigenvalue weighted by Crippen LogP contribution is -2.22. The van der Waals surface area contributed by atoms with Gasteiger partial charge in [0, 0.05) is 18.8 Å². The fraction of sp³-hybridized carbons (Fsp3) is 0.556. The molecule has 0 aliphatic rings. The van der Waals surface area contributed by atoms with Crippen LogP contribution >= 0.6 is 11.3 Å². The lowest BCUT2D eigenvalue weighted by atomic mass is 10.3. The third kappa shape index (κ3) is 2.06. The predicted octanol–water partition coefficient (Wildman–Crippen LogP) is 2.00. The highest BCUT2D eigenvalue weighted by Crippen LogP contribution is 2.25. The largest absolute Gasteiger partial charge is 0.291 e. The van der Waals surface area contributed by atoms with Gasteiger partial charge in [0.25, 0.3) is 0 Å². The molecule has 1 amide bonds. The number of thiazole rings is 1. The Balaban J connectivity index is 2.96. The first-order valence-electron chi connectivity index (χ1n) is 4.26. The molecular formula is C9H14N2OS. The topological polar surface area (TPSA) is 33.2 Å². The monoisotopic (exact) mass is 198 g/mol. The van der Waals surface area contributed by atoms with E-state index in [0.29, 0.717) is 0 Å². The number of carbonyl (C=O) groups excluding carboxylic acids is 1. The first-order valence-corrected chi connectivity index (χ1v) is 5.08. The summed E-state index contributed by atoms with van der Waals surface area (Å²) in [5, 5.41) is 0.793. The summed E-state index contributed by atoms with van der Waals surface area (Å²) >= 11 is 1.59. The van der Waals surface area contributed by atoms with Gasteiger partial charge in [-0.25, -0.2) is 4.98 Å². The first-order chi connectivity index (χ1) is 6.06. The molecule has 72 valence electrons. The highest BCUT2D eigenvalue weighted by atomic mass is 32.1. The Bertz CT molecular complexity index is 319. The Morgan fingerprint density at radius 3 is 2.62 bits per heavy atom. The normalized spacial score (nSPS) is 10.2. The van der Waals surface area contributed by atoms with E-state index in [-0.39, 0.29) is 5.91 Å². The van der Waals surface area contributed by atoms with Gasteiger partial charge in [0.2, 0.25) is 5.91 Å². The van der Waals surface area contributed by atoms with Crippen molar-refractivity contribution >= 4 is 22.4 Å². The van der Waals surface area contributed by atoms with Gasteiger partial charge >= 0.3 is 0 Å². The van der Waals surface area contributed by atoms with Crippen LogP contribution in [-0.2, 0) is 11.2 Å². The van der Waals surface area contributed by atoms with Crippen LogP contribution in [0.15, 0.2) is 0 Å². The van der Waals surface area contributed by atoms with E-state index in [4.69, 9.17) is 0 Å². The van der Waals surface area contributed by atoms with Crippen molar-refractivity contribution in [3.8, 4) is 0 Å². The molecule has 0 N–H and O–H groups in total. The quantitative estimate of drug-likeness (QED) is 0.728. The SMILES string of the molecule is CCc1sc(N(C)C(C)=O)nc1C. The zero-order valence-electron chi connectivity index (χ0n) is 8.42. The van der Waals surface area contributed by atoms with Gasteiger partial charge in [0.15, 0.2) is 5.13 Å². The Morgan fingerprint density at radius 1 is 1.62 bits per heavy atom. The van der Waals surface area contributed by atoms with E-state index in [1.54, 1.807) is 30.2 Å². The number of aryl methyl sites for hydroxylation is 2. The highest BCUT2D eigenvalue weighted by molar-refractivity contribution is 7.15. The predicted molar refractivity (Wildman–Crippen MR) is 55.3 cm³/mol. The minimum absolute atomic E-state index is 0.0244. The molecule has 3 nitrogen and oxygen atoms in total. The van der Waals surface area contributed by atoms with Crippen LogP contribution in [0.5, 0.6) is 0 Å². The van der Waals surface area contributed by atoms with Crippen molar-refractivity contribution in [3.63, 3.8) is 0 Å². The number of carbonyl (C=O) groups is 1. The molecule has 0 aromatic carbocycles. The van der Waals surface area contributed by atoms with Gasteiger partial charge in [-0.15, -0.1) is 11.3 Å². The standard InChI is InChI=1S/C9H14N2OS/c1-5-8-6(2)10-9(13-8)11(4)7(3)12/h5H2,1-4H3. The Kier molecular flexibility index (Phi) is 3.03. The van der Waals surface area contributed by atoms with Crippen molar-refractivity contribution in [2.24, 2.45) is 0 Å². The molecular weight excluding hydrogens is 184 g/mol. The van der Waals surface area contributed by atoms with Crippen molar-refractivity contribution < 1.29 is 4.79 Å². The van der Waals surface area contributed by atoms with Crippen LogP contribution in [0.1, 0.15) is 24.4 Å². The fourth-order valence-corrected chi connectivity index (χ4v) is 2.02. The van der Waals surface area contributed by atoms with Gasteiger partial charge < -0.3 is 0 Å². The zero-order valence-corrected chi connectivity index (χ0v) is 9.23. The summed E-state index contributed by atoms with van der Waals surface area (Å²) in [5.74, 6) is 0.0244. The summed E-state index contributed by atoms with van der Waals surface area (Å²) in [6, 6.07) is 0. The van der Waals surface area contributed by atoms with Crippen LogP contribution in [0, 0.1) is 6.92 Å². The van der Waals surface area contributed by atoms with E-state index < -0.39 is 0 Å². The van der Waals surface area contributed by atoms with Gasteiger partial charge in [0.05, 0.1) is 5.69 Å². The van der Waals surface area contributed by atoms with Crippen molar-refractivity contribution in [2.45, 2.75) is 27.2 Å². The lowest BCUT2D eigenvalue weighted by molar-refractivity contribution is -0.116. The number of anilines is 1. The molecule has 0 spiro atoms. The minimum atomic E-state index is 0.0244. The Morgan fingerprint density at radius 2 is 2.23 bits per heavy atom. The fourth-order valence-electron chi connectivity index (χ4n) is 1.02. The number of aromatic nitrogens is 1. The molecule has 0 saturated heterocycles.